The van der Waals surface area contributed by atoms with Crippen molar-refractivity contribution in [2.75, 3.05) is 6.61 Å². The number of hydrogen-bond donors (Lipinski definition) is 10. The Balaban J connectivity index is 5.72. The molecule has 238 valence electrons. The fraction of sp³-hybridized carbons (Fsp3) is 0.667. The van der Waals surface area contributed by atoms with Crippen LogP contribution in [0.1, 0.15) is 53.4 Å². The number of carbonyl (C=O) groups is 8. The molecule has 6 amide bonds. The van der Waals surface area contributed by atoms with Crippen LogP contribution in [-0.4, -0.2) is 111 Å². The molecule has 0 radical (unpaired) electrons. The zero-order chi connectivity index (χ0) is 32.7. The Labute approximate surface area is 241 Å². The van der Waals surface area contributed by atoms with Crippen molar-refractivity contribution >= 4 is 47.4 Å². The van der Waals surface area contributed by atoms with Crippen LogP contribution in [0.2, 0.25) is 0 Å². The van der Waals surface area contributed by atoms with Crippen molar-refractivity contribution in [2.45, 2.75) is 89.7 Å². The molecule has 0 spiro atoms. The number of hydrogen-bond acceptors (Lipinski definition) is 10. The zero-order valence-electron chi connectivity index (χ0n) is 23.7. The first-order valence-corrected chi connectivity index (χ1v) is 12.9. The van der Waals surface area contributed by atoms with E-state index in [0.29, 0.717) is 0 Å². The molecule has 0 aromatic heterocycles. The molecule has 0 unspecified atom stereocenters. The monoisotopic (exact) mass is 604 g/mol. The molecule has 0 aliphatic heterocycles. The Bertz CT molecular complexity index is 1000. The molecule has 18 nitrogen and oxygen atoms in total. The minimum absolute atomic E-state index is 0.00362. The standard InChI is InChI=1S/C24H40N6O12/c1-10(2)7-14(20(37)27-13(24(41)42)5-6-17(25)34)28-23(40)19(11(3)32)30-22(39)16(9-31)29-21(38)15(8-18(35)36)26-12(4)33/h10-11,13-16,19,31-32H,5-9H2,1-4H3,(H2,25,34)(H,26,33)(H,27,37)(H,28,40)(H,29,38)(H,30,39)(H,35,36)(H,41,42)/t11-,13+,14+,15+,16+,19+/m1/s1. The van der Waals surface area contributed by atoms with Gasteiger partial charge >= 0.3 is 11.9 Å². The molecule has 0 aromatic rings. The maximum Gasteiger partial charge on any atom is 0.326 e. The largest absolute Gasteiger partial charge is 0.481 e. The van der Waals surface area contributed by atoms with E-state index in [2.05, 4.69) is 26.6 Å². The predicted molar refractivity (Wildman–Crippen MR) is 142 cm³/mol. The van der Waals surface area contributed by atoms with E-state index in [9.17, 15) is 53.7 Å². The molecule has 0 aromatic carbocycles. The first-order chi connectivity index (χ1) is 19.4. The molecule has 0 bridgehead atoms. The van der Waals surface area contributed by atoms with Crippen LogP contribution >= 0.6 is 0 Å². The molecule has 0 rings (SSSR count). The number of aliphatic carboxylic acids is 2. The Hall–Kier alpha value is -4.32. The van der Waals surface area contributed by atoms with E-state index >= 15 is 0 Å². The fourth-order valence-electron chi connectivity index (χ4n) is 3.54. The van der Waals surface area contributed by atoms with Gasteiger partial charge in [-0.1, -0.05) is 13.8 Å². The van der Waals surface area contributed by atoms with Gasteiger partial charge in [-0.15, -0.1) is 0 Å². The Morgan fingerprint density at radius 3 is 1.64 bits per heavy atom. The maximum absolute atomic E-state index is 13.0. The molecule has 0 aliphatic rings. The third kappa shape index (κ3) is 14.4. The van der Waals surface area contributed by atoms with E-state index < -0.39 is 96.7 Å². The van der Waals surface area contributed by atoms with Crippen LogP contribution in [0.5, 0.6) is 0 Å². The molecule has 6 atom stereocenters. The van der Waals surface area contributed by atoms with Gasteiger partial charge in [0.1, 0.15) is 30.2 Å². The number of nitrogens with one attached hydrogen (secondary N) is 5. The van der Waals surface area contributed by atoms with Gasteiger partial charge in [-0.3, -0.25) is 33.6 Å². The van der Waals surface area contributed by atoms with Crippen LogP contribution in [0.3, 0.4) is 0 Å². The van der Waals surface area contributed by atoms with Gasteiger partial charge in [0.05, 0.1) is 19.1 Å². The van der Waals surface area contributed by atoms with Gasteiger partial charge in [0, 0.05) is 13.3 Å². The number of rotatable bonds is 19. The highest BCUT2D eigenvalue weighted by molar-refractivity contribution is 5.97. The number of amides is 6. The Kier molecular flexibility index (Phi) is 16.3. The molecule has 18 heteroatoms. The molecule has 11 N–H and O–H groups in total. The van der Waals surface area contributed by atoms with E-state index in [4.69, 9.17) is 10.8 Å². The SMILES string of the molecule is CC(=O)N[C@@H](CC(=O)O)C(=O)N[C@@H](CO)C(=O)N[C@H](C(=O)N[C@@H](CC(C)C)C(=O)N[C@@H](CCC(N)=O)C(=O)O)[C@@H](C)O. The lowest BCUT2D eigenvalue weighted by atomic mass is 10.0. The summed E-state index contributed by atoms with van der Waals surface area (Å²) in [6, 6.07) is -7.91. The van der Waals surface area contributed by atoms with Crippen LogP contribution in [0, 0.1) is 5.92 Å². The summed E-state index contributed by atoms with van der Waals surface area (Å²) in [7, 11) is 0. The Morgan fingerprint density at radius 2 is 1.21 bits per heavy atom. The van der Waals surface area contributed by atoms with E-state index in [-0.39, 0.29) is 25.2 Å². The van der Waals surface area contributed by atoms with Crippen molar-refractivity contribution in [1.82, 2.24) is 26.6 Å². The lowest BCUT2D eigenvalue weighted by molar-refractivity contribution is -0.143. The summed E-state index contributed by atoms with van der Waals surface area (Å²) in [5.74, 6) is -8.93. The fourth-order valence-corrected chi connectivity index (χ4v) is 3.54. The van der Waals surface area contributed by atoms with Gasteiger partial charge in [0.15, 0.2) is 0 Å². The first kappa shape index (κ1) is 37.7. The van der Waals surface area contributed by atoms with Crippen molar-refractivity contribution in [3.63, 3.8) is 0 Å². The second-order valence-electron chi connectivity index (χ2n) is 9.92. The number of carbonyl (C=O) groups excluding carboxylic acids is 6. The minimum Gasteiger partial charge on any atom is -0.481 e. The quantitative estimate of drug-likeness (QED) is 0.0669. The van der Waals surface area contributed by atoms with Crippen LogP contribution in [0.15, 0.2) is 0 Å². The van der Waals surface area contributed by atoms with Crippen molar-refractivity contribution in [2.24, 2.45) is 11.7 Å². The van der Waals surface area contributed by atoms with E-state index in [1.54, 1.807) is 13.8 Å². The number of carboxylic acid groups (broad SMARTS) is 2. The predicted octanol–water partition coefficient (Wildman–Crippen LogP) is -4.33. The molecule has 0 fully saturated rings. The molecular weight excluding hydrogens is 564 g/mol. The Morgan fingerprint density at radius 1 is 0.714 bits per heavy atom. The summed E-state index contributed by atoms with van der Waals surface area (Å²) < 4.78 is 0. The molecule has 0 saturated carbocycles. The summed E-state index contributed by atoms with van der Waals surface area (Å²) in [6.45, 7) is 4.54. The van der Waals surface area contributed by atoms with Gasteiger partial charge in [-0.05, 0) is 25.7 Å². The van der Waals surface area contributed by atoms with Gasteiger partial charge in [-0.2, -0.15) is 0 Å². The minimum atomic E-state index is -1.74. The van der Waals surface area contributed by atoms with Crippen molar-refractivity contribution in [1.29, 1.82) is 0 Å². The van der Waals surface area contributed by atoms with Gasteiger partial charge < -0.3 is 52.7 Å². The van der Waals surface area contributed by atoms with Crippen LogP contribution in [0.4, 0.5) is 0 Å². The average Bonchev–Trinajstić information content (AvgIpc) is 2.85. The van der Waals surface area contributed by atoms with Gasteiger partial charge in [0.25, 0.3) is 0 Å². The van der Waals surface area contributed by atoms with Gasteiger partial charge in [0.2, 0.25) is 35.4 Å². The van der Waals surface area contributed by atoms with E-state index in [1.165, 1.54) is 0 Å². The van der Waals surface area contributed by atoms with Crippen molar-refractivity contribution in [3.05, 3.63) is 0 Å². The zero-order valence-corrected chi connectivity index (χ0v) is 23.7. The normalized spacial score (nSPS) is 15.1. The van der Waals surface area contributed by atoms with Crippen molar-refractivity contribution in [3.8, 4) is 0 Å². The van der Waals surface area contributed by atoms with E-state index in [0.717, 1.165) is 13.8 Å². The molecular formula is C24H40N6O12. The topological polar surface area (TPSA) is 304 Å². The van der Waals surface area contributed by atoms with Gasteiger partial charge in [-0.25, -0.2) is 4.79 Å². The highest BCUT2D eigenvalue weighted by Crippen LogP contribution is 2.08. The number of aliphatic hydroxyl groups is 2. The molecule has 42 heavy (non-hydrogen) atoms. The lowest BCUT2D eigenvalue weighted by Crippen LogP contribution is -2.61. The number of primary amides is 1. The number of nitrogens with two attached hydrogens (primary N) is 1. The summed E-state index contributed by atoms with van der Waals surface area (Å²) in [5, 5.41) is 48.9. The van der Waals surface area contributed by atoms with Crippen LogP contribution in [-0.2, 0) is 38.4 Å². The molecule has 0 heterocycles. The third-order valence-corrected chi connectivity index (χ3v) is 5.59. The van der Waals surface area contributed by atoms with Crippen LogP contribution < -0.4 is 32.3 Å². The summed E-state index contributed by atoms with van der Waals surface area (Å²) in [5.41, 5.74) is 5.04. The number of aliphatic hydroxyl groups excluding tert-OH is 2. The second-order valence-corrected chi connectivity index (χ2v) is 9.92. The summed E-state index contributed by atoms with van der Waals surface area (Å²) in [4.78, 5) is 96.0. The van der Waals surface area contributed by atoms with E-state index in [1.807, 2.05) is 0 Å². The maximum atomic E-state index is 13.0. The smallest absolute Gasteiger partial charge is 0.326 e. The molecule has 0 saturated heterocycles. The summed E-state index contributed by atoms with van der Waals surface area (Å²) in [6.07, 6.45) is -3.06. The van der Waals surface area contributed by atoms with Crippen molar-refractivity contribution < 1.29 is 58.8 Å². The molecule has 0 aliphatic carbocycles. The third-order valence-electron chi connectivity index (χ3n) is 5.59. The lowest BCUT2D eigenvalue weighted by Gasteiger charge is -2.28. The summed E-state index contributed by atoms with van der Waals surface area (Å²) >= 11 is 0. The second kappa shape index (κ2) is 18.2. The highest BCUT2D eigenvalue weighted by atomic mass is 16.4. The number of carboxylic acids is 2. The average molecular weight is 605 g/mol. The van der Waals surface area contributed by atoms with Crippen LogP contribution in [0.25, 0.3) is 0 Å². The highest BCUT2D eigenvalue weighted by Gasteiger charge is 2.34. The first-order valence-electron chi connectivity index (χ1n) is 12.9.